The van der Waals surface area contributed by atoms with E-state index in [1.807, 2.05) is 6.07 Å². The van der Waals surface area contributed by atoms with Crippen molar-refractivity contribution in [3.8, 4) is 0 Å². The molecule has 0 spiro atoms. The summed E-state index contributed by atoms with van der Waals surface area (Å²) in [7, 11) is 0. The SMILES string of the molecule is C[C-](C)C.C[C-](C)C.[CH2-]c1cc[c-]nc1.[V+2].[V+2].[V].[V].[V]. The van der Waals surface area contributed by atoms with Crippen LogP contribution in [0.3, 0.4) is 0 Å². The number of hydrogen-bond acceptors (Lipinski definition) is 1. The monoisotopic (exact) mass is 460 g/mol. The van der Waals surface area contributed by atoms with E-state index in [0.717, 1.165) is 5.56 Å². The Bertz CT molecular complexity index is 207. The molecule has 20 heavy (non-hydrogen) atoms. The van der Waals surface area contributed by atoms with Gasteiger partial charge in [0.2, 0.25) is 0 Å². The molecule has 0 aliphatic heterocycles. The molecule has 6 heteroatoms. The van der Waals surface area contributed by atoms with E-state index in [1.54, 1.807) is 12.3 Å². The maximum atomic E-state index is 3.70. The fraction of sp³-hybridized carbons (Fsp3) is 0.429. The van der Waals surface area contributed by atoms with Crippen LogP contribution < -0.4 is 0 Å². The summed E-state index contributed by atoms with van der Waals surface area (Å²) in [6.45, 7) is 16.1. The maximum absolute atomic E-state index is 3.70. The van der Waals surface area contributed by atoms with Crippen LogP contribution >= 0.6 is 0 Å². The summed E-state index contributed by atoms with van der Waals surface area (Å²) >= 11 is 0. The first-order chi connectivity index (χ1) is 6.86. The van der Waals surface area contributed by atoms with Gasteiger partial charge in [0, 0.05) is 55.7 Å². The molecule has 0 bridgehead atoms. The molecule has 0 saturated carbocycles. The standard InChI is InChI=1S/C6H5N.2C4H9.5V/c1-6-3-2-4-7-5-6;2*1-4(2)3;;;;;/h2-3,5H,1H2;2*1-3H3;;;;;/q-2;2*-1;;;;2*+2. The van der Waals surface area contributed by atoms with Gasteiger partial charge in [-0.2, -0.15) is 66.2 Å². The van der Waals surface area contributed by atoms with Gasteiger partial charge < -0.3 is 16.8 Å². The summed E-state index contributed by atoms with van der Waals surface area (Å²) in [5.74, 6) is 2.83. The maximum Gasteiger partial charge on any atom is 2.00 e. The minimum absolute atomic E-state index is 0. The first-order valence-corrected chi connectivity index (χ1v) is 5.03. The molecule has 0 unspecified atom stereocenters. The molecule has 1 nitrogen and oxygen atoms in total. The van der Waals surface area contributed by atoms with Crippen molar-refractivity contribution in [3.63, 3.8) is 0 Å². The molecular weight excluding hydrogens is 437 g/mol. The predicted octanol–water partition coefficient (Wildman–Crippen LogP) is 4.29. The van der Waals surface area contributed by atoms with Crippen LogP contribution in [-0.2, 0) is 92.8 Å². The van der Waals surface area contributed by atoms with E-state index in [4.69, 9.17) is 0 Å². The Hall–Kier alpha value is 1.94. The van der Waals surface area contributed by atoms with Gasteiger partial charge in [-0.1, -0.05) is 12.4 Å². The average molecular weight is 460 g/mol. The van der Waals surface area contributed by atoms with Crippen LogP contribution in [0.15, 0.2) is 18.3 Å². The minimum atomic E-state index is 0. The Balaban J connectivity index is -0.0000000237. The van der Waals surface area contributed by atoms with Crippen LogP contribution in [0.25, 0.3) is 0 Å². The second-order valence-corrected chi connectivity index (χ2v) is 4.30. The minimum Gasteiger partial charge on any atom is -0.395 e. The van der Waals surface area contributed by atoms with E-state index >= 15 is 0 Å². The van der Waals surface area contributed by atoms with Crippen molar-refractivity contribution in [2.45, 2.75) is 41.5 Å². The summed E-state index contributed by atoms with van der Waals surface area (Å²) in [5, 5.41) is 0. The van der Waals surface area contributed by atoms with E-state index in [9.17, 15) is 0 Å². The summed E-state index contributed by atoms with van der Waals surface area (Å²) in [6.07, 6.45) is 4.31. The molecular formula is C14H23NV5. The van der Waals surface area contributed by atoms with Gasteiger partial charge in [0.05, 0.1) is 0 Å². The van der Waals surface area contributed by atoms with Crippen molar-refractivity contribution < 1.29 is 92.8 Å². The zero-order valence-corrected chi connectivity index (χ0v) is 20.1. The zero-order valence-electron chi connectivity index (χ0n) is 13.1. The van der Waals surface area contributed by atoms with Crippen LogP contribution in [0.4, 0.5) is 0 Å². The molecule has 0 N–H and O–H groups in total. The second-order valence-electron chi connectivity index (χ2n) is 4.30. The van der Waals surface area contributed by atoms with Crippen LogP contribution in [0, 0.1) is 25.0 Å². The van der Waals surface area contributed by atoms with Crippen molar-refractivity contribution in [2.24, 2.45) is 0 Å². The number of hydrogen-bond donors (Lipinski definition) is 0. The fourth-order valence-corrected chi connectivity index (χ4v) is 0.351. The second kappa shape index (κ2) is 32.8. The van der Waals surface area contributed by atoms with Crippen molar-refractivity contribution in [2.75, 3.05) is 0 Å². The molecule has 0 saturated heterocycles. The molecule has 1 aromatic heterocycles. The molecule has 5 radical (unpaired) electrons. The number of rotatable bonds is 0. The largest absolute Gasteiger partial charge is 2.00 e. The zero-order chi connectivity index (χ0) is 12.3. The molecule has 0 atom stereocenters. The Kier molecular flexibility index (Phi) is 70.6. The van der Waals surface area contributed by atoms with Gasteiger partial charge >= 0.3 is 37.1 Å². The van der Waals surface area contributed by atoms with Crippen molar-refractivity contribution in [1.29, 1.82) is 0 Å². The molecule has 1 heterocycles. The number of pyridine rings is 1. The smallest absolute Gasteiger partial charge is 0.395 e. The third-order valence-electron chi connectivity index (χ3n) is 0.677. The molecule has 0 aliphatic rings. The van der Waals surface area contributed by atoms with Gasteiger partial charge in [-0.25, -0.2) is 0 Å². The van der Waals surface area contributed by atoms with E-state index < -0.39 is 0 Å². The molecule has 0 aliphatic carbocycles. The summed E-state index contributed by atoms with van der Waals surface area (Å²) in [6, 6.07) is 3.59. The quantitative estimate of drug-likeness (QED) is 0.527. The Morgan fingerprint density at radius 2 is 1.20 bits per heavy atom. The predicted molar refractivity (Wildman–Crippen MR) is 68.1 cm³/mol. The summed E-state index contributed by atoms with van der Waals surface area (Å²) < 4.78 is 0. The van der Waals surface area contributed by atoms with Crippen molar-refractivity contribution in [3.05, 3.63) is 48.8 Å². The summed E-state index contributed by atoms with van der Waals surface area (Å²) in [4.78, 5) is 3.70. The van der Waals surface area contributed by atoms with Gasteiger partial charge in [0.25, 0.3) is 0 Å². The normalized spacial score (nSPS) is 6.60. The van der Waals surface area contributed by atoms with E-state index in [1.165, 1.54) is 11.8 Å². The van der Waals surface area contributed by atoms with E-state index in [0.29, 0.717) is 0 Å². The molecule has 1 aromatic rings. The molecule has 1 rings (SSSR count). The Morgan fingerprint density at radius 3 is 1.30 bits per heavy atom. The van der Waals surface area contributed by atoms with Crippen LogP contribution in [0.1, 0.15) is 47.1 Å². The van der Waals surface area contributed by atoms with Gasteiger partial charge in [-0.3, -0.25) is 0 Å². The van der Waals surface area contributed by atoms with Crippen molar-refractivity contribution >= 4 is 0 Å². The Morgan fingerprint density at radius 1 is 0.900 bits per heavy atom. The van der Waals surface area contributed by atoms with Gasteiger partial charge in [-0.05, 0) is 0 Å². The summed E-state index contributed by atoms with van der Waals surface area (Å²) in [5.41, 5.74) is 0.929. The molecule has 109 valence electrons. The van der Waals surface area contributed by atoms with Crippen molar-refractivity contribution in [1.82, 2.24) is 4.98 Å². The topological polar surface area (TPSA) is 12.9 Å². The van der Waals surface area contributed by atoms with Gasteiger partial charge in [-0.15, -0.1) is 0 Å². The molecule has 0 fully saturated rings. The van der Waals surface area contributed by atoms with Crippen LogP contribution in [0.5, 0.6) is 0 Å². The molecule has 0 amide bonds. The number of aromatic nitrogens is 1. The van der Waals surface area contributed by atoms with Gasteiger partial charge in [0.15, 0.2) is 0 Å². The third-order valence-corrected chi connectivity index (χ3v) is 0.677. The van der Waals surface area contributed by atoms with Crippen LogP contribution in [0.2, 0.25) is 0 Å². The first-order valence-electron chi connectivity index (χ1n) is 5.03. The van der Waals surface area contributed by atoms with Crippen LogP contribution in [-0.4, -0.2) is 4.98 Å². The first kappa shape index (κ1) is 43.1. The van der Waals surface area contributed by atoms with E-state index in [2.05, 4.69) is 59.6 Å². The fourth-order valence-electron chi connectivity index (χ4n) is 0.351. The van der Waals surface area contributed by atoms with Gasteiger partial charge in [0.1, 0.15) is 0 Å². The third kappa shape index (κ3) is 72.4. The molecule has 0 aromatic carbocycles. The number of nitrogens with zero attached hydrogens (tertiary/aromatic N) is 1. The average Bonchev–Trinajstić information content (AvgIpc) is 2.03. The van der Waals surface area contributed by atoms with E-state index in [-0.39, 0.29) is 92.8 Å². The Labute approximate surface area is 186 Å².